The number of aromatic nitrogens is 2. The fourth-order valence-corrected chi connectivity index (χ4v) is 4.46. The maximum absolute atomic E-state index is 14.4. The van der Waals surface area contributed by atoms with Gasteiger partial charge in [0, 0.05) is 30.6 Å². The molecule has 1 saturated carbocycles. The molecule has 1 aliphatic carbocycles. The van der Waals surface area contributed by atoms with Crippen LogP contribution in [0, 0.1) is 11.7 Å². The van der Waals surface area contributed by atoms with Gasteiger partial charge in [-0.25, -0.2) is 9.37 Å². The molecule has 0 atom stereocenters. The van der Waals surface area contributed by atoms with E-state index < -0.39 is 11.4 Å². The molecule has 2 heterocycles. The molecule has 26 heavy (non-hydrogen) atoms. The van der Waals surface area contributed by atoms with E-state index >= 15 is 0 Å². The van der Waals surface area contributed by atoms with Crippen LogP contribution in [0.5, 0.6) is 5.75 Å². The van der Waals surface area contributed by atoms with Gasteiger partial charge in [0.15, 0.2) is 0 Å². The number of hydrogen-bond acceptors (Lipinski definition) is 5. The first-order valence-electron chi connectivity index (χ1n) is 9.23. The van der Waals surface area contributed by atoms with Crippen LogP contribution in [-0.4, -0.2) is 35.0 Å². The molecule has 1 N–H and O–H groups in total. The van der Waals surface area contributed by atoms with E-state index in [9.17, 15) is 9.18 Å². The fraction of sp³-hybridized carbons (Fsp3) is 0.579. The van der Waals surface area contributed by atoms with Crippen molar-refractivity contribution in [2.45, 2.75) is 43.1 Å². The van der Waals surface area contributed by atoms with Crippen LogP contribution in [0.1, 0.15) is 37.9 Å². The molecular formula is C19H23FN2O3S. The van der Waals surface area contributed by atoms with Crippen molar-refractivity contribution in [3.05, 3.63) is 34.1 Å². The summed E-state index contributed by atoms with van der Waals surface area (Å²) in [5, 5.41) is 0.655. The molecule has 140 valence electrons. The summed E-state index contributed by atoms with van der Waals surface area (Å²) in [6.45, 7) is 2.03. The van der Waals surface area contributed by atoms with Gasteiger partial charge < -0.3 is 14.5 Å². The zero-order valence-corrected chi connectivity index (χ0v) is 15.4. The first-order chi connectivity index (χ1) is 12.7. The van der Waals surface area contributed by atoms with Crippen molar-refractivity contribution in [3.8, 4) is 5.75 Å². The lowest BCUT2D eigenvalue weighted by molar-refractivity contribution is 0.0497. The van der Waals surface area contributed by atoms with Crippen LogP contribution in [0.3, 0.4) is 0 Å². The predicted molar refractivity (Wildman–Crippen MR) is 100 cm³/mol. The first kappa shape index (κ1) is 17.8. The van der Waals surface area contributed by atoms with Crippen LogP contribution in [0.4, 0.5) is 4.39 Å². The minimum atomic E-state index is -0.587. The van der Waals surface area contributed by atoms with Crippen LogP contribution in [0.15, 0.2) is 16.9 Å². The molecule has 1 aliphatic heterocycles. The number of nitrogens with zero attached hydrogens (tertiary/aromatic N) is 1. The largest absolute Gasteiger partial charge is 0.493 e. The maximum atomic E-state index is 14.4. The zero-order chi connectivity index (χ0) is 17.9. The van der Waals surface area contributed by atoms with E-state index in [1.807, 2.05) is 0 Å². The highest BCUT2D eigenvalue weighted by atomic mass is 32.2. The van der Waals surface area contributed by atoms with Gasteiger partial charge >= 0.3 is 0 Å². The van der Waals surface area contributed by atoms with Crippen molar-refractivity contribution >= 4 is 22.7 Å². The number of halogens is 1. The van der Waals surface area contributed by atoms with Crippen LogP contribution >= 0.6 is 11.8 Å². The zero-order valence-electron chi connectivity index (χ0n) is 14.6. The Morgan fingerprint density at radius 1 is 1.27 bits per heavy atom. The highest BCUT2D eigenvalue weighted by molar-refractivity contribution is 7.99. The molecule has 0 unspecified atom stereocenters. The number of ether oxygens (including phenoxy) is 2. The van der Waals surface area contributed by atoms with E-state index in [-0.39, 0.29) is 5.39 Å². The van der Waals surface area contributed by atoms with Crippen LogP contribution in [0.2, 0.25) is 0 Å². The Bertz CT molecular complexity index is 831. The summed E-state index contributed by atoms with van der Waals surface area (Å²) >= 11 is 1.80. The van der Waals surface area contributed by atoms with Crippen molar-refractivity contribution < 1.29 is 13.9 Å². The molecule has 7 heteroatoms. The molecular weight excluding hydrogens is 355 g/mol. The van der Waals surface area contributed by atoms with E-state index in [1.165, 1.54) is 25.3 Å². The SMILES string of the molecule is O=c1[nH]c(CSC2CCC2)nc2cc(OCC3CCOCC3)cc(F)c12. The van der Waals surface area contributed by atoms with Crippen molar-refractivity contribution in [2.24, 2.45) is 5.92 Å². The number of thioether (sulfide) groups is 1. The molecule has 0 bridgehead atoms. The maximum Gasteiger partial charge on any atom is 0.261 e. The molecule has 1 aromatic carbocycles. The molecule has 4 rings (SSSR count). The van der Waals surface area contributed by atoms with Gasteiger partial charge in [-0.2, -0.15) is 11.8 Å². The van der Waals surface area contributed by atoms with Crippen LogP contribution in [-0.2, 0) is 10.5 Å². The Morgan fingerprint density at radius 3 is 2.81 bits per heavy atom. The topological polar surface area (TPSA) is 64.2 Å². The first-order valence-corrected chi connectivity index (χ1v) is 10.3. The molecule has 2 aromatic rings. The molecule has 0 amide bonds. The summed E-state index contributed by atoms with van der Waals surface area (Å²) in [5.41, 5.74) is -0.0624. The summed E-state index contributed by atoms with van der Waals surface area (Å²) in [6.07, 6.45) is 5.63. The molecule has 0 spiro atoms. The standard InChI is InChI=1S/C19H23FN2O3S/c20-15-8-13(25-10-12-4-6-24-7-5-12)9-16-18(15)19(23)22-17(21-16)11-26-14-2-1-3-14/h8-9,12,14H,1-7,10-11H2,(H,21,22,23). The lowest BCUT2D eigenvalue weighted by Gasteiger charge is -2.24. The number of hydrogen-bond donors (Lipinski definition) is 1. The average molecular weight is 378 g/mol. The molecule has 2 fully saturated rings. The Labute approximate surface area is 155 Å². The van der Waals surface area contributed by atoms with Crippen molar-refractivity contribution in [1.29, 1.82) is 0 Å². The van der Waals surface area contributed by atoms with Crippen LogP contribution < -0.4 is 10.3 Å². The quantitative estimate of drug-likeness (QED) is 0.831. The minimum absolute atomic E-state index is 0.000751. The summed E-state index contributed by atoms with van der Waals surface area (Å²) in [7, 11) is 0. The lowest BCUT2D eigenvalue weighted by atomic mass is 10.0. The predicted octanol–water partition coefficient (Wildman–Crippen LogP) is 3.65. The second-order valence-corrected chi connectivity index (χ2v) is 8.33. The van der Waals surface area contributed by atoms with Crippen molar-refractivity contribution in [1.82, 2.24) is 9.97 Å². The molecule has 0 radical (unpaired) electrons. The van der Waals surface area contributed by atoms with Gasteiger partial charge in [-0.15, -0.1) is 0 Å². The Hall–Kier alpha value is -1.60. The minimum Gasteiger partial charge on any atom is -0.493 e. The van der Waals surface area contributed by atoms with E-state index in [0.29, 0.717) is 40.6 Å². The summed E-state index contributed by atoms with van der Waals surface area (Å²) < 4.78 is 25.5. The second kappa shape index (κ2) is 7.96. The van der Waals surface area contributed by atoms with E-state index in [2.05, 4.69) is 9.97 Å². The van der Waals surface area contributed by atoms with Gasteiger partial charge in [-0.05, 0) is 31.6 Å². The van der Waals surface area contributed by atoms with E-state index in [4.69, 9.17) is 9.47 Å². The average Bonchev–Trinajstić information content (AvgIpc) is 2.59. The van der Waals surface area contributed by atoms with Gasteiger partial charge in [0.05, 0.1) is 17.9 Å². The second-order valence-electron chi connectivity index (χ2n) is 7.04. The number of H-pyrrole nitrogens is 1. The van der Waals surface area contributed by atoms with E-state index in [1.54, 1.807) is 17.8 Å². The van der Waals surface area contributed by atoms with Crippen LogP contribution in [0.25, 0.3) is 10.9 Å². The van der Waals surface area contributed by atoms with E-state index in [0.717, 1.165) is 26.1 Å². The van der Waals surface area contributed by atoms with Crippen molar-refractivity contribution in [2.75, 3.05) is 19.8 Å². The third kappa shape index (κ3) is 4.04. The number of rotatable bonds is 6. The Balaban J connectivity index is 1.51. The van der Waals surface area contributed by atoms with Gasteiger partial charge in [0.25, 0.3) is 5.56 Å². The molecule has 2 aliphatic rings. The normalized spacial score (nSPS) is 18.8. The summed E-state index contributed by atoms with van der Waals surface area (Å²) in [6, 6.07) is 2.95. The summed E-state index contributed by atoms with van der Waals surface area (Å²) in [4.78, 5) is 19.4. The monoisotopic (exact) mass is 378 g/mol. The third-order valence-corrected chi connectivity index (χ3v) is 6.50. The Morgan fingerprint density at radius 2 is 2.08 bits per heavy atom. The number of aromatic amines is 1. The molecule has 1 saturated heterocycles. The van der Waals surface area contributed by atoms with Gasteiger partial charge in [-0.1, -0.05) is 6.42 Å². The van der Waals surface area contributed by atoms with Gasteiger partial charge in [0.2, 0.25) is 0 Å². The highest BCUT2D eigenvalue weighted by Crippen LogP contribution is 2.32. The number of benzene rings is 1. The smallest absolute Gasteiger partial charge is 0.261 e. The fourth-order valence-electron chi connectivity index (χ4n) is 3.26. The van der Waals surface area contributed by atoms with Gasteiger partial charge in [-0.3, -0.25) is 4.79 Å². The van der Waals surface area contributed by atoms with Gasteiger partial charge in [0.1, 0.15) is 22.8 Å². The Kier molecular flexibility index (Phi) is 5.45. The molecule has 5 nitrogen and oxygen atoms in total. The number of fused-ring (bicyclic) bond motifs is 1. The summed E-state index contributed by atoms with van der Waals surface area (Å²) in [5.74, 6) is 1.50. The number of nitrogens with one attached hydrogen (secondary N) is 1. The van der Waals surface area contributed by atoms with Crippen molar-refractivity contribution in [3.63, 3.8) is 0 Å². The lowest BCUT2D eigenvalue weighted by Crippen LogP contribution is -2.21. The highest BCUT2D eigenvalue weighted by Gasteiger charge is 2.19. The third-order valence-electron chi connectivity index (χ3n) is 5.12. The molecule has 1 aromatic heterocycles.